The van der Waals surface area contributed by atoms with Crippen LogP contribution < -0.4 is 0 Å². The minimum atomic E-state index is 1.36. The second-order valence-electron chi connectivity index (χ2n) is 3.61. The van der Waals surface area contributed by atoms with Gasteiger partial charge < -0.3 is 4.90 Å². The van der Waals surface area contributed by atoms with Crippen LogP contribution in [0.2, 0.25) is 0 Å². The lowest BCUT2D eigenvalue weighted by Gasteiger charge is -2.26. The maximum absolute atomic E-state index is 2.62. The molecule has 1 saturated heterocycles. The number of unbranched alkanes of at least 4 members (excludes halogenated alkanes) is 2. The summed E-state index contributed by atoms with van der Waals surface area (Å²) in [5.41, 5.74) is 0. The number of alkyl halides is 1. The van der Waals surface area contributed by atoms with Crippen LogP contribution in [0.4, 0.5) is 0 Å². The maximum atomic E-state index is 2.62. The third-order valence-corrected chi connectivity index (χ3v) is 2.53. The number of nitrogens with zero attached hydrogens (tertiary/aromatic N) is 1. The molecule has 0 saturated carbocycles. The number of rotatable bonds is 4. The normalized spacial score (nSPS) is 17.8. The van der Waals surface area contributed by atoms with Crippen molar-refractivity contribution in [3.05, 3.63) is 0 Å². The van der Waals surface area contributed by atoms with Crippen molar-refractivity contribution < 1.29 is 0 Å². The molecule has 1 aliphatic heterocycles. The van der Waals surface area contributed by atoms with E-state index in [0.29, 0.717) is 0 Å². The van der Waals surface area contributed by atoms with Crippen molar-refractivity contribution in [2.45, 2.75) is 45.4 Å². The summed E-state index contributed by atoms with van der Waals surface area (Å²) in [4.78, 5) is 4.59. The number of hydrogen-bond donors (Lipinski definition) is 0. The van der Waals surface area contributed by atoms with Gasteiger partial charge in [-0.3, -0.25) is 0 Å². The molecule has 0 N–H and O–H groups in total. The average Bonchev–Trinajstić information content (AvgIpc) is 2.23. The summed E-state index contributed by atoms with van der Waals surface area (Å²) in [5.74, 6) is 0. The summed E-state index contributed by atoms with van der Waals surface area (Å²) in [5, 5.41) is 0. The zero-order chi connectivity index (χ0) is 9.94. The predicted octanol–water partition coefficient (Wildman–Crippen LogP) is 3.71. The zero-order valence-corrected chi connectivity index (χ0v) is 11.3. The first-order valence-corrected chi connectivity index (χ1v) is 7.69. The third kappa shape index (κ3) is 7.74. The second kappa shape index (κ2) is 10.8. The molecular weight excluding hydrogens is 273 g/mol. The van der Waals surface area contributed by atoms with E-state index in [1.807, 2.05) is 4.93 Å². The van der Waals surface area contributed by atoms with Gasteiger partial charge in [0.05, 0.1) is 0 Å². The summed E-state index contributed by atoms with van der Waals surface area (Å²) in [7, 11) is 0. The minimum absolute atomic E-state index is 1.36. The Bertz CT molecular complexity index is 90.1. The van der Waals surface area contributed by atoms with Gasteiger partial charge in [-0.2, -0.15) is 0 Å². The van der Waals surface area contributed by atoms with Crippen LogP contribution in [0.25, 0.3) is 0 Å². The first kappa shape index (κ1) is 13.7. The highest BCUT2D eigenvalue weighted by molar-refractivity contribution is 14.1. The predicted molar refractivity (Wildman–Crippen MR) is 69.8 cm³/mol. The Morgan fingerprint density at radius 2 is 1.62 bits per heavy atom. The van der Waals surface area contributed by atoms with E-state index in [9.17, 15) is 0 Å². The van der Waals surface area contributed by atoms with Crippen molar-refractivity contribution in [1.29, 1.82) is 0 Å². The zero-order valence-electron chi connectivity index (χ0n) is 9.19. The Balaban J connectivity index is 0.000000671. The lowest BCUT2D eigenvalue weighted by atomic mass is 10.1. The molecule has 1 rings (SSSR count). The summed E-state index contributed by atoms with van der Waals surface area (Å²) in [6.07, 6.45) is 8.52. The summed E-state index contributed by atoms with van der Waals surface area (Å²) < 4.78 is 0. The second-order valence-corrected chi connectivity index (χ2v) is 3.61. The van der Waals surface area contributed by atoms with Gasteiger partial charge in [-0.05, 0) is 43.8 Å². The summed E-state index contributed by atoms with van der Waals surface area (Å²) in [6.45, 7) is 6.36. The van der Waals surface area contributed by atoms with Crippen molar-refractivity contribution in [2.75, 3.05) is 24.6 Å². The molecule has 0 aromatic carbocycles. The molecule has 0 radical (unpaired) electrons. The van der Waals surface area contributed by atoms with E-state index in [1.165, 1.54) is 58.2 Å². The van der Waals surface area contributed by atoms with Crippen LogP contribution in [0.15, 0.2) is 0 Å². The van der Waals surface area contributed by atoms with E-state index in [2.05, 4.69) is 34.4 Å². The van der Waals surface area contributed by atoms with E-state index in [1.54, 1.807) is 0 Å². The van der Waals surface area contributed by atoms with Crippen LogP contribution in [0.1, 0.15) is 45.4 Å². The third-order valence-electron chi connectivity index (χ3n) is 2.53. The first-order valence-electron chi connectivity index (χ1n) is 5.53. The molecule has 0 amide bonds. The molecule has 2 heteroatoms. The van der Waals surface area contributed by atoms with Gasteiger partial charge in [0.2, 0.25) is 0 Å². The van der Waals surface area contributed by atoms with Crippen LogP contribution in [0.5, 0.6) is 0 Å². The highest BCUT2D eigenvalue weighted by Gasteiger charge is 2.08. The van der Waals surface area contributed by atoms with E-state index in [4.69, 9.17) is 0 Å². The van der Waals surface area contributed by atoms with Crippen LogP contribution in [0.3, 0.4) is 0 Å². The summed E-state index contributed by atoms with van der Waals surface area (Å²) in [6, 6.07) is 0. The van der Waals surface area contributed by atoms with Crippen molar-refractivity contribution in [3.8, 4) is 0 Å². The fourth-order valence-corrected chi connectivity index (χ4v) is 1.77. The van der Waals surface area contributed by atoms with Crippen molar-refractivity contribution in [2.24, 2.45) is 0 Å². The van der Waals surface area contributed by atoms with Gasteiger partial charge in [-0.1, -0.05) is 48.8 Å². The SMILES string of the molecule is CCCCCN1CCCCC1.CI. The molecule has 0 unspecified atom stereocenters. The van der Waals surface area contributed by atoms with E-state index >= 15 is 0 Å². The van der Waals surface area contributed by atoms with E-state index in [0.717, 1.165) is 0 Å². The van der Waals surface area contributed by atoms with Gasteiger partial charge in [0.1, 0.15) is 0 Å². The molecule has 1 nitrogen and oxygen atoms in total. The molecule has 1 heterocycles. The molecule has 13 heavy (non-hydrogen) atoms. The maximum Gasteiger partial charge on any atom is -0.00187 e. The van der Waals surface area contributed by atoms with Crippen molar-refractivity contribution in [1.82, 2.24) is 4.90 Å². The fourth-order valence-electron chi connectivity index (χ4n) is 1.77. The van der Waals surface area contributed by atoms with Gasteiger partial charge in [-0.15, -0.1) is 0 Å². The van der Waals surface area contributed by atoms with Gasteiger partial charge in [0.15, 0.2) is 0 Å². The van der Waals surface area contributed by atoms with Crippen LogP contribution in [0, 0.1) is 0 Å². The minimum Gasteiger partial charge on any atom is -0.303 e. The first-order chi connectivity index (χ1) is 6.43. The van der Waals surface area contributed by atoms with Crippen LogP contribution in [-0.2, 0) is 0 Å². The van der Waals surface area contributed by atoms with Gasteiger partial charge in [-0.25, -0.2) is 0 Å². The quantitative estimate of drug-likeness (QED) is 0.434. The molecule has 0 aromatic rings. The standard InChI is InChI=1S/C10H21N.CH3I/c1-2-3-5-8-11-9-6-4-7-10-11;1-2/h2-10H2,1H3;1H3. The highest BCUT2D eigenvalue weighted by Crippen LogP contribution is 2.09. The smallest absolute Gasteiger partial charge is 0.00187 e. The monoisotopic (exact) mass is 297 g/mol. The molecule has 0 atom stereocenters. The molecule has 80 valence electrons. The molecule has 0 bridgehead atoms. The number of likely N-dealkylation sites (tertiary alicyclic amines) is 1. The Morgan fingerprint density at radius 3 is 2.15 bits per heavy atom. The van der Waals surface area contributed by atoms with E-state index in [-0.39, 0.29) is 0 Å². The van der Waals surface area contributed by atoms with Crippen LogP contribution in [-0.4, -0.2) is 29.5 Å². The summed E-state index contributed by atoms with van der Waals surface area (Å²) >= 11 is 2.15. The average molecular weight is 297 g/mol. The van der Waals surface area contributed by atoms with Crippen molar-refractivity contribution in [3.63, 3.8) is 0 Å². The lowest BCUT2D eigenvalue weighted by Crippen LogP contribution is -2.30. The Labute approximate surface area is 97.4 Å². The number of halogens is 1. The molecule has 0 aromatic heterocycles. The fraction of sp³-hybridized carbons (Fsp3) is 1.00. The Morgan fingerprint density at radius 1 is 1.00 bits per heavy atom. The largest absolute Gasteiger partial charge is 0.303 e. The molecule has 1 aliphatic rings. The molecule has 1 fully saturated rings. The molecule has 0 spiro atoms. The molecular formula is C11H24IN. The van der Waals surface area contributed by atoms with Gasteiger partial charge >= 0.3 is 0 Å². The Kier molecular flexibility index (Phi) is 11.3. The van der Waals surface area contributed by atoms with Gasteiger partial charge in [0, 0.05) is 0 Å². The Hall–Kier alpha value is 0.690. The number of hydrogen-bond acceptors (Lipinski definition) is 1. The lowest BCUT2D eigenvalue weighted by molar-refractivity contribution is 0.224. The van der Waals surface area contributed by atoms with Gasteiger partial charge in [0.25, 0.3) is 0 Å². The topological polar surface area (TPSA) is 3.24 Å². The van der Waals surface area contributed by atoms with Crippen LogP contribution >= 0.6 is 22.6 Å². The molecule has 0 aliphatic carbocycles. The van der Waals surface area contributed by atoms with E-state index < -0.39 is 0 Å². The highest BCUT2D eigenvalue weighted by atomic mass is 127. The van der Waals surface area contributed by atoms with Crippen molar-refractivity contribution >= 4 is 22.6 Å². The number of piperidine rings is 1.